The average molecular weight is 286 g/mol. The summed E-state index contributed by atoms with van der Waals surface area (Å²) in [6.07, 6.45) is 1.65. The van der Waals surface area contributed by atoms with E-state index in [1.54, 1.807) is 27.0 Å². The van der Waals surface area contributed by atoms with E-state index in [1.165, 1.54) is 11.3 Å². The predicted molar refractivity (Wildman–Crippen MR) is 68.9 cm³/mol. The highest BCUT2D eigenvalue weighted by atomic mass is 32.2. The van der Waals surface area contributed by atoms with Crippen molar-refractivity contribution in [2.24, 2.45) is 0 Å². The highest BCUT2D eigenvalue weighted by Gasteiger charge is 2.25. The summed E-state index contributed by atoms with van der Waals surface area (Å²) in [5, 5.41) is 9.11. The van der Waals surface area contributed by atoms with Crippen LogP contribution in [0.15, 0.2) is 16.5 Å². The van der Waals surface area contributed by atoms with Crippen LogP contribution in [-0.4, -0.2) is 23.6 Å². The first-order valence-corrected chi connectivity index (χ1v) is 7.71. The summed E-state index contributed by atoms with van der Waals surface area (Å²) in [5.41, 5.74) is 0.998. The van der Waals surface area contributed by atoms with Gasteiger partial charge in [-0.25, -0.2) is 18.1 Å². The van der Waals surface area contributed by atoms with E-state index in [1.807, 2.05) is 5.38 Å². The van der Waals surface area contributed by atoms with E-state index in [0.717, 1.165) is 5.01 Å². The number of aromatic amines is 1. The predicted octanol–water partition coefficient (Wildman–Crippen LogP) is 1.52. The second-order valence-electron chi connectivity index (χ2n) is 3.98. The first-order chi connectivity index (χ1) is 8.42. The molecule has 2 heterocycles. The molecule has 0 radical (unpaired) electrons. The lowest BCUT2D eigenvalue weighted by Gasteiger charge is -2.11. The minimum atomic E-state index is -3.58. The Morgan fingerprint density at radius 3 is 2.67 bits per heavy atom. The molecule has 1 unspecified atom stereocenters. The maximum atomic E-state index is 12.2. The van der Waals surface area contributed by atoms with E-state index >= 15 is 0 Å². The van der Waals surface area contributed by atoms with Gasteiger partial charge in [0.1, 0.15) is 9.90 Å². The van der Waals surface area contributed by atoms with Crippen molar-refractivity contribution in [1.82, 2.24) is 19.9 Å². The number of hydrogen-bond acceptors (Lipinski definition) is 5. The van der Waals surface area contributed by atoms with Crippen LogP contribution in [0.2, 0.25) is 0 Å². The Bertz CT molecular complexity index is 611. The van der Waals surface area contributed by atoms with Gasteiger partial charge in [0.2, 0.25) is 10.0 Å². The van der Waals surface area contributed by atoms with Crippen molar-refractivity contribution in [1.29, 1.82) is 0 Å². The quantitative estimate of drug-likeness (QED) is 0.892. The first-order valence-electron chi connectivity index (χ1n) is 5.35. The SMILES string of the molecule is Cc1n[nH]c(C)c1S(=O)(=O)NC(C)c1nccs1. The number of aromatic nitrogens is 3. The summed E-state index contributed by atoms with van der Waals surface area (Å²) in [4.78, 5) is 4.31. The van der Waals surface area contributed by atoms with E-state index in [2.05, 4.69) is 19.9 Å². The highest BCUT2D eigenvalue weighted by molar-refractivity contribution is 7.89. The molecule has 2 N–H and O–H groups in total. The van der Waals surface area contributed by atoms with Gasteiger partial charge in [-0.2, -0.15) is 5.10 Å². The third-order valence-corrected chi connectivity index (χ3v) is 5.24. The molecule has 2 aromatic heterocycles. The zero-order valence-electron chi connectivity index (χ0n) is 10.3. The lowest BCUT2D eigenvalue weighted by molar-refractivity contribution is 0.565. The minimum Gasteiger partial charge on any atom is -0.281 e. The molecule has 98 valence electrons. The number of rotatable bonds is 4. The standard InChI is InChI=1S/C10H14N4O2S2/c1-6-9(7(2)13-12-6)18(15,16)14-8(3)10-11-4-5-17-10/h4-5,8,14H,1-3H3,(H,12,13). The first kappa shape index (κ1) is 13.2. The maximum Gasteiger partial charge on any atom is 0.244 e. The molecule has 0 saturated heterocycles. The van der Waals surface area contributed by atoms with E-state index in [4.69, 9.17) is 0 Å². The topological polar surface area (TPSA) is 87.7 Å². The van der Waals surface area contributed by atoms with Gasteiger partial charge in [-0.15, -0.1) is 11.3 Å². The molecule has 0 aliphatic carbocycles. The highest BCUT2D eigenvalue weighted by Crippen LogP contribution is 2.21. The van der Waals surface area contributed by atoms with Crippen molar-refractivity contribution < 1.29 is 8.42 Å². The largest absolute Gasteiger partial charge is 0.281 e. The molecule has 0 amide bonds. The second kappa shape index (κ2) is 4.79. The van der Waals surface area contributed by atoms with Gasteiger partial charge in [0.05, 0.1) is 17.4 Å². The number of thiazole rings is 1. The monoisotopic (exact) mass is 286 g/mol. The van der Waals surface area contributed by atoms with E-state index in [-0.39, 0.29) is 10.9 Å². The normalized spacial score (nSPS) is 13.7. The van der Waals surface area contributed by atoms with Crippen LogP contribution in [0, 0.1) is 13.8 Å². The Kier molecular flexibility index (Phi) is 3.51. The zero-order valence-corrected chi connectivity index (χ0v) is 11.9. The molecular formula is C10H14N4O2S2. The number of H-pyrrole nitrogens is 1. The Hall–Kier alpha value is -1.25. The van der Waals surface area contributed by atoms with Crippen LogP contribution in [0.1, 0.15) is 29.4 Å². The van der Waals surface area contributed by atoms with Gasteiger partial charge in [0.15, 0.2) is 0 Å². The molecule has 0 spiro atoms. The average Bonchev–Trinajstić information content (AvgIpc) is 2.87. The third kappa shape index (κ3) is 2.45. The summed E-state index contributed by atoms with van der Waals surface area (Å²) < 4.78 is 27.1. The van der Waals surface area contributed by atoms with Gasteiger partial charge in [-0.1, -0.05) is 0 Å². The molecule has 0 aliphatic rings. The number of hydrogen-bond donors (Lipinski definition) is 2. The van der Waals surface area contributed by atoms with Crippen molar-refractivity contribution in [3.05, 3.63) is 28.0 Å². The van der Waals surface area contributed by atoms with Gasteiger partial charge in [-0.3, -0.25) is 5.10 Å². The van der Waals surface area contributed by atoms with Gasteiger partial charge < -0.3 is 0 Å². The number of sulfonamides is 1. The fourth-order valence-corrected chi connectivity index (χ4v) is 4.03. The fourth-order valence-electron chi connectivity index (χ4n) is 1.73. The van der Waals surface area contributed by atoms with Crippen LogP contribution in [0.3, 0.4) is 0 Å². The molecule has 2 aromatic rings. The van der Waals surface area contributed by atoms with Gasteiger partial charge in [0.25, 0.3) is 0 Å². The molecule has 18 heavy (non-hydrogen) atoms. The number of nitrogens with one attached hydrogen (secondary N) is 2. The minimum absolute atomic E-state index is 0.214. The number of aryl methyl sites for hydroxylation is 2. The van der Waals surface area contributed by atoms with Crippen molar-refractivity contribution in [3.63, 3.8) is 0 Å². The summed E-state index contributed by atoms with van der Waals surface area (Å²) in [7, 11) is -3.58. The Labute approximate surface area is 110 Å². The van der Waals surface area contributed by atoms with Crippen molar-refractivity contribution >= 4 is 21.4 Å². The van der Waals surface area contributed by atoms with E-state index < -0.39 is 10.0 Å². The fraction of sp³-hybridized carbons (Fsp3) is 0.400. The molecule has 0 bridgehead atoms. The summed E-state index contributed by atoms with van der Waals surface area (Å²) in [6, 6.07) is -0.358. The molecule has 2 rings (SSSR count). The van der Waals surface area contributed by atoms with Gasteiger partial charge >= 0.3 is 0 Å². The molecular weight excluding hydrogens is 272 g/mol. The van der Waals surface area contributed by atoms with Gasteiger partial charge in [0, 0.05) is 11.6 Å². The van der Waals surface area contributed by atoms with Crippen LogP contribution in [-0.2, 0) is 10.0 Å². The molecule has 0 fully saturated rings. The molecule has 1 atom stereocenters. The number of nitrogens with zero attached hydrogens (tertiary/aromatic N) is 2. The van der Waals surface area contributed by atoms with Gasteiger partial charge in [-0.05, 0) is 20.8 Å². The zero-order chi connectivity index (χ0) is 13.3. The maximum absolute atomic E-state index is 12.2. The molecule has 0 aromatic carbocycles. The Morgan fingerprint density at radius 1 is 1.44 bits per heavy atom. The van der Waals surface area contributed by atoms with E-state index in [0.29, 0.717) is 11.4 Å². The van der Waals surface area contributed by atoms with E-state index in [9.17, 15) is 8.42 Å². The van der Waals surface area contributed by atoms with Crippen molar-refractivity contribution in [2.45, 2.75) is 31.7 Å². The summed E-state index contributed by atoms with van der Waals surface area (Å²) in [5.74, 6) is 0. The van der Waals surface area contributed by atoms with Crippen molar-refractivity contribution in [2.75, 3.05) is 0 Å². The lowest BCUT2D eigenvalue weighted by atomic mass is 10.4. The summed E-state index contributed by atoms with van der Waals surface area (Å²) >= 11 is 1.42. The van der Waals surface area contributed by atoms with Crippen LogP contribution in [0.5, 0.6) is 0 Å². The summed E-state index contributed by atoms with van der Waals surface area (Å²) in [6.45, 7) is 5.11. The van der Waals surface area contributed by atoms with Crippen LogP contribution >= 0.6 is 11.3 Å². The Morgan fingerprint density at radius 2 is 2.17 bits per heavy atom. The van der Waals surface area contributed by atoms with Crippen LogP contribution in [0.4, 0.5) is 0 Å². The third-order valence-electron chi connectivity index (χ3n) is 2.48. The molecule has 8 heteroatoms. The Balaban J connectivity index is 2.28. The molecule has 6 nitrogen and oxygen atoms in total. The molecule has 0 saturated carbocycles. The lowest BCUT2D eigenvalue weighted by Crippen LogP contribution is -2.27. The second-order valence-corrected chi connectivity index (χ2v) is 6.55. The molecule has 0 aliphatic heterocycles. The smallest absolute Gasteiger partial charge is 0.244 e. The van der Waals surface area contributed by atoms with Crippen molar-refractivity contribution in [3.8, 4) is 0 Å². The van der Waals surface area contributed by atoms with Crippen LogP contribution < -0.4 is 4.72 Å². The van der Waals surface area contributed by atoms with Crippen LogP contribution in [0.25, 0.3) is 0 Å².